The Labute approximate surface area is 43.0 Å². The molecule has 0 aromatic heterocycles. The molecule has 0 saturated heterocycles. The second kappa shape index (κ2) is 9.46. The van der Waals surface area contributed by atoms with Crippen LogP contribution in [0.2, 0.25) is 0 Å². The molecule has 3 heteroatoms. The van der Waals surface area contributed by atoms with E-state index in [0.29, 0.717) is 0 Å². The molecular formula is CClORe-. The van der Waals surface area contributed by atoms with Gasteiger partial charge in [0.2, 0.25) is 0 Å². The quantitative estimate of drug-likeness (QED) is 0.446. The Morgan fingerprint density at radius 3 is 1.75 bits per heavy atom. The van der Waals surface area contributed by atoms with Crippen LogP contribution in [0.25, 0.3) is 0 Å². The molecule has 0 aliphatic carbocycles. The van der Waals surface area contributed by atoms with Crippen molar-refractivity contribution in [2.75, 3.05) is 0 Å². The summed E-state index contributed by atoms with van der Waals surface area (Å²) >= 11 is 4.19. The minimum Gasteiger partial charge on any atom is -0.525 e. The zero-order valence-electron chi connectivity index (χ0n) is 1.66. The van der Waals surface area contributed by atoms with Gasteiger partial charge in [0, 0.05) is 20.4 Å². The topological polar surface area (TPSA) is 17.1 Å². The van der Waals surface area contributed by atoms with Gasteiger partial charge in [0.05, 0.1) is 0 Å². The Morgan fingerprint density at radius 2 is 1.75 bits per heavy atom. The van der Waals surface area contributed by atoms with Crippen molar-refractivity contribution in [3.63, 3.8) is 0 Å². The summed E-state index contributed by atoms with van der Waals surface area (Å²) in [5.41, 5.74) is 0. The molecule has 25 valence electrons. The molecule has 4 heavy (non-hydrogen) atoms. The third-order valence-electron chi connectivity index (χ3n) is 0. The number of hydrogen-bond donors (Lipinski definition) is 0. The molecule has 0 atom stereocenters. The minimum absolute atomic E-state index is 0. The Balaban J connectivity index is 0. The Bertz CT molecular complexity index is 15.5. The number of carbonyl (C=O) groups excluding carboxylic acids is 1. The zero-order chi connectivity index (χ0) is 2.71. The van der Waals surface area contributed by atoms with Crippen LogP contribution in [0.4, 0.5) is 0 Å². The monoisotopic (exact) mass is 250 g/mol. The van der Waals surface area contributed by atoms with Gasteiger partial charge in [0.15, 0.2) is 0 Å². The van der Waals surface area contributed by atoms with E-state index in [1.165, 1.54) is 0 Å². The maximum atomic E-state index is 8.45. The van der Waals surface area contributed by atoms with Gasteiger partial charge in [0.25, 0.3) is 0 Å². The molecule has 1 radical (unpaired) electrons. The average Bonchev–Trinajstić information content (AvgIpc) is 0.918. The second-order valence-electron chi connectivity index (χ2n) is 0.0772. The van der Waals surface area contributed by atoms with Crippen molar-refractivity contribution in [1.29, 1.82) is 0 Å². The van der Waals surface area contributed by atoms with Crippen LogP contribution in [0.1, 0.15) is 0 Å². The maximum Gasteiger partial charge on any atom is 0 e. The van der Waals surface area contributed by atoms with E-state index < -0.39 is 0 Å². The molecule has 0 spiro atoms. The van der Waals surface area contributed by atoms with Crippen LogP contribution < -0.4 is 0 Å². The van der Waals surface area contributed by atoms with E-state index >= 15 is 0 Å². The molecule has 0 aromatic carbocycles. The molecule has 0 aromatic rings. The minimum atomic E-state index is 0. The molecule has 1 nitrogen and oxygen atoms in total. The molecule has 0 unspecified atom stereocenters. The Morgan fingerprint density at radius 1 is 1.75 bits per heavy atom. The molecule has 0 amide bonds. The molecule has 0 aliphatic rings. The van der Waals surface area contributed by atoms with Crippen molar-refractivity contribution in [2.45, 2.75) is 0 Å². The van der Waals surface area contributed by atoms with Crippen molar-refractivity contribution in [1.82, 2.24) is 0 Å². The standard InChI is InChI=1S/CClO.Re/c2-1-3;/q-1;. The fraction of sp³-hybridized carbons (Fsp3) is 0. The predicted molar refractivity (Wildman–Crippen MR) is 11.5 cm³/mol. The van der Waals surface area contributed by atoms with Crippen LogP contribution in [-0.4, -0.2) is 5.75 Å². The first-order valence-corrected chi connectivity index (χ1v) is 0.771. The third kappa shape index (κ3) is 17.8. The van der Waals surface area contributed by atoms with E-state index in [-0.39, 0.29) is 20.4 Å². The smallest absolute Gasteiger partial charge is 0 e. The summed E-state index contributed by atoms with van der Waals surface area (Å²) in [5, 5.41) is 0. The fourth-order valence-corrected chi connectivity index (χ4v) is 0. The summed E-state index contributed by atoms with van der Waals surface area (Å²) in [6.07, 6.45) is 0. The summed E-state index contributed by atoms with van der Waals surface area (Å²) in [5.74, 6) is 0.972. The number of halogens is 1. The Kier molecular flexibility index (Phi) is 20.9. The van der Waals surface area contributed by atoms with Crippen molar-refractivity contribution < 1.29 is 25.2 Å². The first-order valence-electron chi connectivity index (χ1n) is 0.393. The molecule has 0 bridgehead atoms. The zero-order valence-corrected chi connectivity index (χ0v) is 5.14. The number of hydrogen-bond acceptors (Lipinski definition) is 1. The van der Waals surface area contributed by atoms with E-state index in [4.69, 9.17) is 4.79 Å². The summed E-state index contributed by atoms with van der Waals surface area (Å²) in [7, 11) is 0. The van der Waals surface area contributed by atoms with Crippen LogP contribution in [0.3, 0.4) is 0 Å². The average molecular weight is 250 g/mol. The molecule has 0 fully saturated rings. The van der Waals surface area contributed by atoms with E-state index in [9.17, 15) is 0 Å². The van der Waals surface area contributed by atoms with E-state index in [1.807, 2.05) is 0 Å². The second-order valence-corrected chi connectivity index (χ2v) is 0.231. The van der Waals surface area contributed by atoms with Crippen LogP contribution >= 0.6 is 11.6 Å². The van der Waals surface area contributed by atoms with Gasteiger partial charge in [-0.25, -0.2) is 0 Å². The summed E-state index contributed by atoms with van der Waals surface area (Å²) in [4.78, 5) is 8.45. The molecule has 0 saturated carbocycles. The van der Waals surface area contributed by atoms with Crippen molar-refractivity contribution in [3.05, 3.63) is 0 Å². The van der Waals surface area contributed by atoms with Crippen LogP contribution in [-0.2, 0) is 25.2 Å². The van der Waals surface area contributed by atoms with Crippen LogP contribution in [0.5, 0.6) is 0 Å². The summed E-state index contributed by atoms with van der Waals surface area (Å²) in [6.45, 7) is 0. The van der Waals surface area contributed by atoms with Crippen molar-refractivity contribution in [2.24, 2.45) is 0 Å². The van der Waals surface area contributed by atoms with Crippen LogP contribution in [0.15, 0.2) is 0 Å². The first-order chi connectivity index (χ1) is 1.41. The fourth-order valence-electron chi connectivity index (χ4n) is 0. The van der Waals surface area contributed by atoms with Gasteiger partial charge in [-0.05, 0) is 0 Å². The summed E-state index contributed by atoms with van der Waals surface area (Å²) in [6, 6.07) is 0. The molecule has 0 rings (SSSR count). The Hall–Kier alpha value is 0.622. The predicted octanol–water partition coefficient (Wildman–Crippen LogP) is 0.290. The van der Waals surface area contributed by atoms with Crippen LogP contribution in [0, 0.1) is 0 Å². The molecule has 0 N–H and O–H groups in total. The van der Waals surface area contributed by atoms with E-state index in [0.717, 1.165) is 5.75 Å². The van der Waals surface area contributed by atoms with Gasteiger partial charge < -0.3 is 16.4 Å². The van der Waals surface area contributed by atoms with E-state index in [1.54, 1.807) is 0 Å². The molecular weight excluding hydrogens is 250 g/mol. The van der Waals surface area contributed by atoms with Crippen molar-refractivity contribution >= 4 is 17.3 Å². The third-order valence-corrected chi connectivity index (χ3v) is 0. The summed E-state index contributed by atoms with van der Waals surface area (Å²) < 4.78 is 0. The normalized spacial score (nSPS) is 3.25. The van der Waals surface area contributed by atoms with Gasteiger partial charge in [-0.2, -0.15) is 5.75 Å². The van der Waals surface area contributed by atoms with Crippen molar-refractivity contribution in [3.8, 4) is 0 Å². The van der Waals surface area contributed by atoms with E-state index in [2.05, 4.69) is 11.6 Å². The first kappa shape index (κ1) is 8.82. The maximum absolute atomic E-state index is 8.45. The van der Waals surface area contributed by atoms with Gasteiger partial charge in [-0.15, -0.1) is 0 Å². The van der Waals surface area contributed by atoms with Gasteiger partial charge >= 0.3 is 0 Å². The molecule has 0 aliphatic heterocycles. The van der Waals surface area contributed by atoms with Gasteiger partial charge in [-0.3, -0.25) is 0 Å². The van der Waals surface area contributed by atoms with Gasteiger partial charge in [0.1, 0.15) is 0 Å². The number of rotatable bonds is 0. The molecule has 0 heterocycles. The SMILES string of the molecule is O=[C-]Cl.[Re]. The largest absolute Gasteiger partial charge is 0.525 e. The van der Waals surface area contributed by atoms with Gasteiger partial charge in [-0.1, -0.05) is 0 Å².